The van der Waals surface area contributed by atoms with Crippen LogP contribution in [0.25, 0.3) is 0 Å². The van der Waals surface area contributed by atoms with Crippen LogP contribution in [0.4, 0.5) is 0 Å². The Morgan fingerprint density at radius 2 is 2.17 bits per heavy atom. The molecule has 2 N–H and O–H groups in total. The van der Waals surface area contributed by atoms with Crippen molar-refractivity contribution < 1.29 is 14.9 Å². The topological polar surface area (TPSA) is 73.5 Å². The van der Waals surface area contributed by atoms with Gasteiger partial charge in [0.25, 0.3) is 0 Å². The highest BCUT2D eigenvalue weighted by atomic mass is 16.5. The van der Waals surface area contributed by atoms with Crippen molar-refractivity contribution in [1.82, 2.24) is 0 Å². The maximum atomic E-state index is 9.68. The third-order valence-corrected chi connectivity index (χ3v) is 2.59. The van der Waals surface area contributed by atoms with E-state index in [1.54, 1.807) is 24.3 Å². The van der Waals surface area contributed by atoms with E-state index >= 15 is 0 Å². The zero-order chi connectivity index (χ0) is 13.4. The van der Waals surface area contributed by atoms with Crippen LogP contribution in [-0.4, -0.2) is 22.9 Å². The number of aliphatic hydroxyl groups is 2. The second-order valence-electron chi connectivity index (χ2n) is 4.20. The highest BCUT2D eigenvalue weighted by Gasteiger charge is 2.09. The Bertz CT molecular complexity index is 400. The van der Waals surface area contributed by atoms with E-state index in [1.807, 2.05) is 13.0 Å². The molecule has 98 valence electrons. The molecule has 1 rings (SSSR count). The van der Waals surface area contributed by atoms with Gasteiger partial charge in [-0.25, -0.2) is 0 Å². The second kappa shape index (κ2) is 7.70. The second-order valence-corrected chi connectivity index (χ2v) is 4.20. The predicted molar refractivity (Wildman–Crippen MR) is 68.0 cm³/mol. The lowest BCUT2D eigenvalue weighted by atomic mass is 10.1. The van der Waals surface area contributed by atoms with Crippen molar-refractivity contribution in [2.75, 3.05) is 6.61 Å². The minimum atomic E-state index is -0.792. The first-order valence-electron chi connectivity index (χ1n) is 6.13. The maximum Gasteiger partial charge on any atom is 0.119 e. The summed E-state index contributed by atoms with van der Waals surface area (Å²) in [7, 11) is 0. The average Bonchev–Trinajstić information content (AvgIpc) is 2.37. The SMILES string of the molecule is CCCC(O)COc1cccc(C(O)CC#N)c1. The smallest absolute Gasteiger partial charge is 0.119 e. The summed E-state index contributed by atoms with van der Waals surface area (Å²) >= 11 is 0. The molecular formula is C14H19NO3. The first-order valence-corrected chi connectivity index (χ1v) is 6.13. The highest BCUT2D eigenvalue weighted by molar-refractivity contribution is 5.30. The van der Waals surface area contributed by atoms with Crippen LogP contribution in [0.15, 0.2) is 24.3 Å². The molecule has 0 saturated carbocycles. The van der Waals surface area contributed by atoms with Gasteiger partial charge in [0.05, 0.1) is 24.7 Å². The van der Waals surface area contributed by atoms with Gasteiger partial charge >= 0.3 is 0 Å². The molecule has 0 aliphatic heterocycles. The molecule has 0 fully saturated rings. The quantitative estimate of drug-likeness (QED) is 0.776. The van der Waals surface area contributed by atoms with E-state index in [4.69, 9.17) is 10.00 Å². The number of rotatable bonds is 7. The van der Waals surface area contributed by atoms with Crippen LogP contribution in [0.1, 0.15) is 37.9 Å². The Kier molecular flexibility index (Phi) is 6.20. The number of benzene rings is 1. The molecule has 4 heteroatoms. The zero-order valence-corrected chi connectivity index (χ0v) is 10.5. The van der Waals surface area contributed by atoms with Crippen molar-refractivity contribution in [2.45, 2.75) is 38.4 Å². The minimum absolute atomic E-state index is 0.0575. The summed E-state index contributed by atoms with van der Waals surface area (Å²) in [6.45, 7) is 2.24. The van der Waals surface area contributed by atoms with Gasteiger partial charge in [0, 0.05) is 0 Å². The molecular weight excluding hydrogens is 230 g/mol. The van der Waals surface area contributed by atoms with E-state index in [-0.39, 0.29) is 13.0 Å². The van der Waals surface area contributed by atoms with Crippen molar-refractivity contribution in [3.05, 3.63) is 29.8 Å². The molecule has 0 aliphatic rings. The van der Waals surface area contributed by atoms with E-state index in [0.29, 0.717) is 17.7 Å². The Hall–Kier alpha value is -1.57. The standard InChI is InChI=1S/C14H19NO3/c1-2-4-12(16)10-18-13-6-3-5-11(9-13)14(17)7-8-15/h3,5-6,9,12,14,16-17H,2,4,7,10H2,1H3. The third-order valence-electron chi connectivity index (χ3n) is 2.59. The summed E-state index contributed by atoms with van der Waals surface area (Å²) in [6.07, 6.45) is 0.409. The Labute approximate surface area is 107 Å². The maximum absolute atomic E-state index is 9.68. The summed E-state index contributed by atoms with van der Waals surface area (Å²) < 4.78 is 5.45. The first-order chi connectivity index (χ1) is 8.67. The van der Waals surface area contributed by atoms with Gasteiger partial charge in [-0.2, -0.15) is 5.26 Å². The molecule has 0 bridgehead atoms. The molecule has 1 aromatic rings. The van der Waals surface area contributed by atoms with Crippen molar-refractivity contribution in [3.8, 4) is 11.8 Å². The monoisotopic (exact) mass is 249 g/mol. The van der Waals surface area contributed by atoms with Crippen LogP contribution in [-0.2, 0) is 0 Å². The highest BCUT2D eigenvalue weighted by Crippen LogP contribution is 2.21. The number of nitriles is 1. The number of aliphatic hydroxyl groups excluding tert-OH is 2. The molecule has 2 atom stereocenters. The van der Waals surface area contributed by atoms with E-state index in [2.05, 4.69) is 0 Å². The molecule has 0 saturated heterocycles. The number of hydrogen-bond donors (Lipinski definition) is 2. The molecule has 18 heavy (non-hydrogen) atoms. The minimum Gasteiger partial charge on any atom is -0.491 e. The fraction of sp³-hybridized carbons (Fsp3) is 0.500. The van der Waals surface area contributed by atoms with Gasteiger partial charge in [-0.15, -0.1) is 0 Å². The van der Waals surface area contributed by atoms with Crippen LogP contribution in [0.3, 0.4) is 0 Å². The number of ether oxygens (including phenoxy) is 1. The van der Waals surface area contributed by atoms with Gasteiger partial charge in [-0.05, 0) is 24.1 Å². The molecule has 0 spiro atoms. The number of nitrogens with zero attached hydrogens (tertiary/aromatic N) is 1. The molecule has 1 aromatic carbocycles. The molecule has 0 heterocycles. The van der Waals surface area contributed by atoms with E-state index in [1.165, 1.54) is 0 Å². The lowest BCUT2D eigenvalue weighted by Crippen LogP contribution is -2.17. The summed E-state index contributed by atoms with van der Waals surface area (Å²) in [5.41, 5.74) is 0.652. The van der Waals surface area contributed by atoms with Crippen LogP contribution in [0.2, 0.25) is 0 Å². The lowest BCUT2D eigenvalue weighted by molar-refractivity contribution is 0.0991. The average molecular weight is 249 g/mol. The zero-order valence-electron chi connectivity index (χ0n) is 10.5. The van der Waals surface area contributed by atoms with Gasteiger partial charge in [-0.3, -0.25) is 0 Å². The molecule has 0 aliphatic carbocycles. The van der Waals surface area contributed by atoms with Crippen LogP contribution >= 0.6 is 0 Å². The first kappa shape index (κ1) is 14.5. The Morgan fingerprint density at radius 1 is 1.39 bits per heavy atom. The van der Waals surface area contributed by atoms with E-state index in [9.17, 15) is 10.2 Å². The molecule has 0 radical (unpaired) electrons. The van der Waals surface area contributed by atoms with Crippen molar-refractivity contribution in [3.63, 3.8) is 0 Å². The van der Waals surface area contributed by atoms with Crippen molar-refractivity contribution in [2.24, 2.45) is 0 Å². The summed E-state index contributed by atoms with van der Waals surface area (Å²) in [5.74, 6) is 0.597. The van der Waals surface area contributed by atoms with E-state index in [0.717, 1.165) is 6.42 Å². The van der Waals surface area contributed by atoms with Gasteiger partial charge in [-0.1, -0.05) is 25.5 Å². The predicted octanol–water partition coefficient (Wildman–Crippen LogP) is 2.17. The van der Waals surface area contributed by atoms with Gasteiger partial charge in [0.2, 0.25) is 0 Å². The summed E-state index contributed by atoms with van der Waals surface area (Å²) in [6, 6.07) is 8.89. The number of hydrogen-bond acceptors (Lipinski definition) is 4. The van der Waals surface area contributed by atoms with Gasteiger partial charge in [0.15, 0.2) is 0 Å². The molecule has 2 unspecified atom stereocenters. The summed E-state index contributed by atoms with van der Waals surface area (Å²) in [5, 5.41) is 27.8. The van der Waals surface area contributed by atoms with Gasteiger partial charge < -0.3 is 14.9 Å². The Balaban J connectivity index is 2.57. The fourth-order valence-corrected chi connectivity index (χ4v) is 1.62. The fourth-order valence-electron chi connectivity index (χ4n) is 1.62. The van der Waals surface area contributed by atoms with Crippen LogP contribution in [0, 0.1) is 11.3 Å². The molecule has 0 amide bonds. The largest absolute Gasteiger partial charge is 0.491 e. The Morgan fingerprint density at radius 3 is 2.83 bits per heavy atom. The summed E-state index contributed by atoms with van der Waals surface area (Å²) in [4.78, 5) is 0. The third kappa shape index (κ3) is 4.74. The van der Waals surface area contributed by atoms with Crippen molar-refractivity contribution in [1.29, 1.82) is 5.26 Å². The molecule has 0 aromatic heterocycles. The lowest BCUT2D eigenvalue weighted by Gasteiger charge is -2.13. The molecule has 4 nitrogen and oxygen atoms in total. The van der Waals surface area contributed by atoms with Crippen LogP contribution < -0.4 is 4.74 Å². The normalized spacial score (nSPS) is 13.7. The van der Waals surface area contributed by atoms with Crippen molar-refractivity contribution >= 4 is 0 Å². The van der Waals surface area contributed by atoms with E-state index < -0.39 is 12.2 Å². The van der Waals surface area contributed by atoms with Gasteiger partial charge in [0.1, 0.15) is 12.4 Å². The van der Waals surface area contributed by atoms with Crippen LogP contribution in [0.5, 0.6) is 5.75 Å².